The summed E-state index contributed by atoms with van der Waals surface area (Å²) in [5.74, 6) is -0.0539. The Balaban J connectivity index is 2.60. The Bertz CT molecular complexity index is 564. The van der Waals surface area contributed by atoms with Crippen LogP contribution in [0.1, 0.15) is 15.9 Å². The van der Waals surface area contributed by atoms with Gasteiger partial charge in [0.2, 0.25) is 0 Å². The molecule has 0 saturated heterocycles. The first kappa shape index (κ1) is 12.1. The number of aromatic nitrogens is 1. The SMILES string of the molecule is COCc1cc(N)c(C(N)=O)cc1-c1cnco1. The number of nitrogen functional groups attached to an aromatic ring is 1. The highest BCUT2D eigenvalue weighted by atomic mass is 16.5. The molecule has 0 aliphatic heterocycles. The normalized spacial score (nSPS) is 10.5. The van der Waals surface area contributed by atoms with E-state index in [1.165, 1.54) is 6.39 Å². The summed E-state index contributed by atoms with van der Waals surface area (Å²) in [7, 11) is 1.57. The second-order valence-corrected chi connectivity index (χ2v) is 3.76. The molecule has 1 heterocycles. The van der Waals surface area contributed by atoms with Crippen molar-refractivity contribution in [2.75, 3.05) is 12.8 Å². The number of primary amides is 1. The molecule has 0 saturated carbocycles. The lowest BCUT2D eigenvalue weighted by atomic mass is 10.0. The molecule has 0 unspecified atom stereocenters. The molecule has 0 spiro atoms. The second kappa shape index (κ2) is 4.89. The molecule has 2 rings (SSSR count). The number of nitrogens with zero attached hydrogens (tertiary/aromatic N) is 1. The topological polar surface area (TPSA) is 104 Å². The molecule has 1 aromatic carbocycles. The van der Waals surface area contributed by atoms with Gasteiger partial charge in [0.1, 0.15) is 0 Å². The molecule has 94 valence electrons. The van der Waals surface area contributed by atoms with Gasteiger partial charge in [-0.25, -0.2) is 4.98 Å². The van der Waals surface area contributed by atoms with Crippen molar-refractivity contribution in [1.82, 2.24) is 4.98 Å². The minimum Gasteiger partial charge on any atom is -0.444 e. The Hall–Kier alpha value is -2.34. The average molecular weight is 247 g/mol. The molecular formula is C12H13N3O3. The molecule has 1 amide bonds. The number of carbonyl (C=O) groups is 1. The number of amides is 1. The number of hydrogen-bond donors (Lipinski definition) is 2. The fraction of sp³-hybridized carbons (Fsp3) is 0.167. The predicted molar refractivity (Wildman–Crippen MR) is 65.6 cm³/mol. The molecule has 0 bridgehead atoms. The molecule has 1 aromatic heterocycles. The summed E-state index contributed by atoms with van der Waals surface area (Å²) in [4.78, 5) is 15.1. The van der Waals surface area contributed by atoms with Crippen molar-refractivity contribution in [1.29, 1.82) is 0 Å². The third-order valence-corrected chi connectivity index (χ3v) is 2.54. The minimum absolute atomic E-state index is 0.251. The van der Waals surface area contributed by atoms with Crippen molar-refractivity contribution >= 4 is 11.6 Å². The molecule has 4 N–H and O–H groups in total. The van der Waals surface area contributed by atoms with E-state index in [1.807, 2.05) is 0 Å². The zero-order valence-corrected chi connectivity index (χ0v) is 9.84. The lowest BCUT2D eigenvalue weighted by molar-refractivity contribution is 0.100. The van der Waals surface area contributed by atoms with E-state index in [4.69, 9.17) is 20.6 Å². The number of benzene rings is 1. The lowest BCUT2D eigenvalue weighted by Gasteiger charge is -2.10. The van der Waals surface area contributed by atoms with Gasteiger partial charge in [0.05, 0.1) is 18.4 Å². The average Bonchev–Trinajstić information content (AvgIpc) is 2.82. The second-order valence-electron chi connectivity index (χ2n) is 3.76. The maximum Gasteiger partial charge on any atom is 0.250 e. The van der Waals surface area contributed by atoms with Gasteiger partial charge in [-0.2, -0.15) is 0 Å². The van der Waals surface area contributed by atoms with E-state index in [1.54, 1.807) is 25.4 Å². The molecule has 6 nitrogen and oxygen atoms in total. The van der Waals surface area contributed by atoms with Gasteiger partial charge in [-0.05, 0) is 17.7 Å². The zero-order chi connectivity index (χ0) is 13.1. The van der Waals surface area contributed by atoms with E-state index in [9.17, 15) is 4.79 Å². The Morgan fingerprint density at radius 1 is 1.50 bits per heavy atom. The fourth-order valence-corrected chi connectivity index (χ4v) is 1.73. The van der Waals surface area contributed by atoms with Crippen LogP contribution in [0.5, 0.6) is 0 Å². The summed E-state index contributed by atoms with van der Waals surface area (Å²) in [6, 6.07) is 3.24. The Labute approximate surface area is 104 Å². The van der Waals surface area contributed by atoms with Crippen LogP contribution in [-0.2, 0) is 11.3 Å². The monoisotopic (exact) mass is 247 g/mol. The van der Waals surface area contributed by atoms with Crippen LogP contribution in [0.15, 0.2) is 29.1 Å². The van der Waals surface area contributed by atoms with Gasteiger partial charge in [-0.15, -0.1) is 0 Å². The van der Waals surface area contributed by atoms with E-state index in [0.29, 0.717) is 23.6 Å². The highest BCUT2D eigenvalue weighted by molar-refractivity contribution is 5.99. The Morgan fingerprint density at radius 2 is 2.28 bits per heavy atom. The number of nitrogens with two attached hydrogens (primary N) is 2. The molecule has 2 aromatic rings. The number of anilines is 1. The van der Waals surface area contributed by atoms with Gasteiger partial charge >= 0.3 is 0 Å². The van der Waals surface area contributed by atoms with Crippen molar-refractivity contribution in [3.63, 3.8) is 0 Å². The van der Waals surface area contributed by atoms with Gasteiger partial charge in [0.15, 0.2) is 12.2 Å². The summed E-state index contributed by atoms with van der Waals surface area (Å²) < 4.78 is 10.3. The predicted octanol–water partition coefficient (Wildman–Crippen LogP) is 1.17. The third-order valence-electron chi connectivity index (χ3n) is 2.54. The van der Waals surface area contributed by atoms with Crippen LogP contribution in [0.4, 0.5) is 5.69 Å². The molecular weight excluding hydrogens is 234 g/mol. The quantitative estimate of drug-likeness (QED) is 0.789. The van der Waals surface area contributed by atoms with Gasteiger partial charge in [-0.3, -0.25) is 4.79 Å². The number of hydrogen-bond acceptors (Lipinski definition) is 5. The molecule has 0 aliphatic rings. The van der Waals surface area contributed by atoms with Gasteiger partial charge in [-0.1, -0.05) is 0 Å². The van der Waals surface area contributed by atoms with Crippen molar-refractivity contribution in [2.24, 2.45) is 5.73 Å². The largest absolute Gasteiger partial charge is 0.444 e. The van der Waals surface area contributed by atoms with E-state index >= 15 is 0 Å². The molecule has 0 aliphatic carbocycles. The zero-order valence-electron chi connectivity index (χ0n) is 9.84. The highest BCUT2D eigenvalue weighted by Gasteiger charge is 2.15. The first-order chi connectivity index (χ1) is 8.63. The van der Waals surface area contributed by atoms with Crippen LogP contribution < -0.4 is 11.5 Å². The van der Waals surface area contributed by atoms with Crippen LogP contribution in [0, 0.1) is 0 Å². The molecule has 0 fully saturated rings. The van der Waals surface area contributed by atoms with Crippen molar-refractivity contribution in [3.8, 4) is 11.3 Å². The number of rotatable bonds is 4. The van der Waals surface area contributed by atoms with E-state index in [0.717, 1.165) is 5.56 Å². The van der Waals surface area contributed by atoms with E-state index < -0.39 is 5.91 Å². The highest BCUT2D eigenvalue weighted by Crippen LogP contribution is 2.28. The van der Waals surface area contributed by atoms with E-state index in [-0.39, 0.29) is 5.56 Å². The summed E-state index contributed by atoms with van der Waals surface area (Å²) in [6.45, 7) is 0.347. The molecule has 0 atom stereocenters. The van der Waals surface area contributed by atoms with Crippen molar-refractivity contribution in [2.45, 2.75) is 6.61 Å². The van der Waals surface area contributed by atoms with E-state index in [2.05, 4.69) is 4.98 Å². The van der Waals surface area contributed by atoms with Gasteiger partial charge in [0, 0.05) is 18.4 Å². The smallest absolute Gasteiger partial charge is 0.250 e. The molecule has 18 heavy (non-hydrogen) atoms. The first-order valence-corrected chi connectivity index (χ1v) is 5.23. The Morgan fingerprint density at radius 3 is 2.83 bits per heavy atom. The van der Waals surface area contributed by atoms with Crippen LogP contribution in [-0.4, -0.2) is 18.0 Å². The number of carbonyl (C=O) groups excluding carboxylic acids is 1. The number of oxazole rings is 1. The van der Waals surface area contributed by atoms with Crippen LogP contribution in [0.2, 0.25) is 0 Å². The molecule has 0 radical (unpaired) electrons. The summed E-state index contributed by atoms with van der Waals surface area (Å²) in [5.41, 5.74) is 13.1. The van der Waals surface area contributed by atoms with Crippen LogP contribution in [0.25, 0.3) is 11.3 Å². The Kier molecular flexibility index (Phi) is 3.29. The maximum absolute atomic E-state index is 11.3. The molecule has 6 heteroatoms. The minimum atomic E-state index is -0.586. The maximum atomic E-state index is 11.3. The van der Waals surface area contributed by atoms with Crippen molar-refractivity contribution in [3.05, 3.63) is 35.9 Å². The van der Waals surface area contributed by atoms with Crippen LogP contribution in [0.3, 0.4) is 0 Å². The number of ether oxygens (including phenoxy) is 1. The lowest BCUT2D eigenvalue weighted by Crippen LogP contribution is -2.14. The third kappa shape index (κ3) is 2.18. The number of methoxy groups -OCH3 is 1. The van der Waals surface area contributed by atoms with Crippen molar-refractivity contribution < 1.29 is 13.9 Å². The van der Waals surface area contributed by atoms with Gasteiger partial charge in [0.25, 0.3) is 5.91 Å². The first-order valence-electron chi connectivity index (χ1n) is 5.23. The fourth-order valence-electron chi connectivity index (χ4n) is 1.73. The van der Waals surface area contributed by atoms with Gasteiger partial charge < -0.3 is 20.6 Å². The summed E-state index contributed by atoms with van der Waals surface area (Å²) in [6.07, 6.45) is 2.86. The summed E-state index contributed by atoms with van der Waals surface area (Å²) in [5, 5.41) is 0. The van der Waals surface area contributed by atoms with Crippen LogP contribution >= 0.6 is 0 Å². The summed E-state index contributed by atoms with van der Waals surface area (Å²) >= 11 is 0. The standard InChI is InChI=1S/C12H13N3O3/c1-17-5-7-2-10(13)9(12(14)16)3-8(7)11-4-15-6-18-11/h2-4,6H,5,13H2,1H3,(H2,14,16).